The van der Waals surface area contributed by atoms with Crippen LogP contribution in [-0.4, -0.2) is 47.4 Å². The molecule has 0 fully saturated rings. The minimum absolute atomic E-state index is 0.00970. The Kier molecular flexibility index (Phi) is 62.4. The number of unbranched alkanes of at least 4 members (excludes halogenated alkanes) is 53. The highest BCUT2D eigenvalue weighted by Gasteiger charge is 2.20. The quantitative estimate of drug-likeness (QED) is 0.0417. The van der Waals surface area contributed by atoms with Gasteiger partial charge in [0.25, 0.3) is 0 Å². The number of carbonyl (C=O) groups is 2. The van der Waals surface area contributed by atoms with Crippen molar-refractivity contribution < 1.29 is 24.5 Å². The summed E-state index contributed by atoms with van der Waals surface area (Å²) in [5.74, 6) is -0.0267. The molecular formula is C67H133NO5. The van der Waals surface area contributed by atoms with Gasteiger partial charge in [-0.2, -0.15) is 0 Å². The number of carbonyl (C=O) groups excluding carboxylic acids is 2. The van der Waals surface area contributed by atoms with E-state index in [4.69, 9.17) is 4.74 Å². The van der Waals surface area contributed by atoms with Crippen LogP contribution in [0.25, 0.3) is 0 Å². The molecule has 0 aromatic carbocycles. The second-order valence-corrected chi connectivity index (χ2v) is 23.5. The lowest BCUT2D eigenvalue weighted by molar-refractivity contribution is -0.143. The van der Waals surface area contributed by atoms with Gasteiger partial charge in [0, 0.05) is 12.8 Å². The van der Waals surface area contributed by atoms with Gasteiger partial charge in [-0.1, -0.05) is 354 Å². The largest absolute Gasteiger partial charge is 0.466 e. The smallest absolute Gasteiger partial charge is 0.305 e. The molecule has 2 unspecified atom stereocenters. The van der Waals surface area contributed by atoms with Gasteiger partial charge in [0.15, 0.2) is 0 Å². The van der Waals surface area contributed by atoms with E-state index >= 15 is 0 Å². The molecule has 0 bridgehead atoms. The molecule has 436 valence electrons. The van der Waals surface area contributed by atoms with Gasteiger partial charge in [0.05, 0.1) is 25.4 Å². The fourth-order valence-corrected chi connectivity index (χ4v) is 11.0. The highest BCUT2D eigenvalue weighted by atomic mass is 16.5. The molecule has 0 aliphatic rings. The molecule has 0 saturated carbocycles. The van der Waals surface area contributed by atoms with Crippen LogP contribution in [0.15, 0.2) is 0 Å². The van der Waals surface area contributed by atoms with Crippen molar-refractivity contribution in [3.05, 3.63) is 0 Å². The summed E-state index contributed by atoms with van der Waals surface area (Å²) in [4.78, 5) is 24.7. The normalized spacial score (nSPS) is 12.4. The van der Waals surface area contributed by atoms with Gasteiger partial charge in [0.2, 0.25) is 5.91 Å². The van der Waals surface area contributed by atoms with Gasteiger partial charge in [-0.15, -0.1) is 0 Å². The van der Waals surface area contributed by atoms with Crippen molar-refractivity contribution in [3.8, 4) is 0 Å². The highest BCUT2D eigenvalue weighted by molar-refractivity contribution is 5.76. The van der Waals surface area contributed by atoms with Crippen LogP contribution in [0.3, 0.4) is 0 Å². The molecule has 0 aromatic rings. The van der Waals surface area contributed by atoms with E-state index in [9.17, 15) is 19.8 Å². The minimum Gasteiger partial charge on any atom is -0.466 e. The van der Waals surface area contributed by atoms with E-state index in [2.05, 4.69) is 19.2 Å². The highest BCUT2D eigenvalue weighted by Crippen LogP contribution is 2.19. The Morgan fingerprint density at radius 2 is 0.562 bits per heavy atom. The predicted octanol–water partition coefficient (Wildman–Crippen LogP) is 21.4. The first-order chi connectivity index (χ1) is 36.0. The zero-order valence-corrected chi connectivity index (χ0v) is 49.9. The van der Waals surface area contributed by atoms with Crippen molar-refractivity contribution in [1.82, 2.24) is 5.32 Å². The number of rotatable bonds is 64. The number of nitrogens with one attached hydrogen (secondary N) is 1. The summed E-state index contributed by atoms with van der Waals surface area (Å²) in [7, 11) is 0. The van der Waals surface area contributed by atoms with Gasteiger partial charge in [-0.3, -0.25) is 9.59 Å². The first-order valence-corrected chi connectivity index (χ1v) is 33.8. The molecule has 0 rings (SSSR count). The summed E-state index contributed by atoms with van der Waals surface area (Å²) in [5.41, 5.74) is 0. The molecule has 3 N–H and O–H groups in total. The fraction of sp³-hybridized carbons (Fsp3) is 0.970. The maximum atomic E-state index is 12.5. The van der Waals surface area contributed by atoms with Crippen molar-refractivity contribution in [2.24, 2.45) is 0 Å². The Balaban J connectivity index is 3.38. The molecule has 1 amide bonds. The molecule has 0 heterocycles. The van der Waals surface area contributed by atoms with Gasteiger partial charge in [0.1, 0.15) is 0 Å². The van der Waals surface area contributed by atoms with Crippen LogP contribution in [0.2, 0.25) is 0 Å². The average molecular weight is 1030 g/mol. The first-order valence-electron chi connectivity index (χ1n) is 33.8. The number of aliphatic hydroxyl groups is 2. The van der Waals surface area contributed by atoms with E-state index in [1.54, 1.807) is 0 Å². The number of hydrogen-bond acceptors (Lipinski definition) is 5. The maximum Gasteiger partial charge on any atom is 0.305 e. The van der Waals surface area contributed by atoms with E-state index in [1.807, 2.05) is 0 Å². The van der Waals surface area contributed by atoms with Crippen LogP contribution in [0, 0.1) is 0 Å². The molecule has 0 aromatic heterocycles. The van der Waals surface area contributed by atoms with Crippen molar-refractivity contribution in [3.63, 3.8) is 0 Å². The molecule has 0 spiro atoms. The number of hydrogen-bond donors (Lipinski definition) is 3. The first kappa shape index (κ1) is 71.9. The van der Waals surface area contributed by atoms with Crippen LogP contribution >= 0.6 is 0 Å². The lowest BCUT2D eigenvalue weighted by Gasteiger charge is -2.22. The van der Waals surface area contributed by atoms with Crippen molar-refractivity contribution in [2.45, 2.75) is 405 Å². The molecule has 6 nitrogen and oxygen atoms in total. The summed E-state index contributed by atoms with van der Waals surface area (Å²) in [6.45, 7) is 4.99. The van der Waals surface area contributed by atoms with E-state index in [1.165, 1.54) is 321 Å². The van der Waals surface area contributed by atoms with E-state index < -0.39 is 12.1 Å². The zero-order chi connectivity index (χ0) is 52.9. The van der Waals surface area contributed by atoms with Gasteiger partial charge in [-0.05, 0) is 25.7 Å². The Morgan fingerprint density at radius 1 is 0.329 bits per heavy atom. The zero-order valence-electron chi connectivity index (χ0n) is 49.9. The summed E-state index contributed by atoms with van der Waals surface area (Å²) in [5, 5.41) is 23.4. The van der Waals surface area contributed by atoms with Crippen molar-refractivity contribution in [2.75, 3.05) is 13.2 Å². The molecule has 6 heteroatoms. The molecule has 0 radical (unpaired) electrons. The molecule has 73 heavy (non-hydrogen) atoms. The Morgan fingerprint density at radius 3 is 0.836 bits per heavy atom. The number of esters is 1. The lowest BCUT2D eigenvalue weighted by Crippen LogP contribution is -2.45. The maximum absolute atomic E-state index is 12.5. The van der Waals surface area contributed by atoms with E-state index in [-0.39, 0.29) is 18.5 Å². The number of amides is 1. The second-order valence-electron chi connectivity index (χ2n) is 23.5. The summed E-state index contributed by atoms with van der Waals surface area (Å²) >= 11 is 0. The Bertz CT molecular complexity index is 1050. The fourth-order valence-electron chi connectivity index (χ4n) is 11.0. The molecule has 0 saturated heterocycles. The van der Waals surface area contributed by atoms with Gasteiger partial charge < -0.3 is 20.3 Å². The van der Waals surface area contributed by atoms with Crippen LogP contribution < -0.4 is 5.32 Å². The standard InChI is InChI=1S/C67H133NO5/c1-3-5-7-9-11-13-15-17-19-21-23-24-26-27-31-35-39-43-47-51-55-59-65(70)64(63-69)68-66(71)60-56-52-48-44-40-36-32-29-30-34-38-42-46-50-54-58-62-73-67(72)61-57-53-49-45-41-37-33-28-25-22-20-18-16-14-12-10-8-6-4-2/h64-65,69-70H,3-63H2,1-2H3,(H,68,71). The average Bonchev–Trinajstić information content (AvgIpc) is 3.39. The van der Waals surface area contributed by atoms with Crippen LogP contribution in [0.1, 0.15) is 393 Å². The third-order valence-corrected chi connectivity index (χ3v) is 16.2. The Labute approximate surface area is 457 Å². The SMILES string of the molecule is CCCCCCCCCCCCCCCCCCCCCCCC(O)C(CO)NC(=O)CCCCCCCCCCCCCCCCCCOC(=O)CCCCCCCCCCCCCCCCCCCCC. The molecule has 0 aliphatic carbocycles. The third-order valence-electron chi connectivity index (χ3n) is 16.2. The predicted molar refractivity (Wildman–Crippen MR) is 320 cm³/mol. The monoisotopic (exact) mass is 1030 g/mol. The number of aliphatic hydroxyl groups excluding tert-OH is 2. The van der Waals surface area contributed by atoms with Crippen LogP contribution in [0.4, 0.5) is 0 Å². The van der Waals surface area contributed by atoms with Crippen molar-refractivity contribution in [1.29, 1.82) is 0 Å². The molecule has 2 atom stereocenters. The van der Waals surface area contributed by atoms with E-state index in [0.29, 0.717) is 25.9 Å². The minimum atomic E-state index is -0.669. The van der Waals surface area contributed by atoms with Crippen LogP contribution in [-0.2, 0) is 14.3 Å². The third kappa shape index (κ3) is 60.0. The molecular weight excluding hydrogens is 899 g/mol. The topological polar surface area (TPSA) is 95.9 Å². The van der Waals surface area contributed by atoms with Crippen molar-refractivity contribution >= 4 is 11.9 Å². The summed E-state index contributed by atoms with van der Waals surface area (Å²) in [6.07, 6.45) is 75.5. The second kappa shape index (κ2) is 63.4. The lowest BCUT2D eigenvalue weighted by atomic mass is 10.0. The Hall–Kier alpha value is -1.14. The van der Waals surface area contributed by atoms with Gasteiger partial charge >= 0.3 is 5.97 Å². The summed E-state index contributed by atoms with van der Waals surface area (Å²) < 4.78 is 5.51. The van der Waals surface area contributed by atoms with Crippen LogP contribution in [0.5, 0.6) is 0 Å². The number of ether oxygens (including phenoxy) is 1. The summed E-state index contributed by atoms with van der Waals surface area (Å²) in [6, 6.07) is -0.546. The van der Waals surface area contributed by atoms with E-state index in [0.717, 1.165) is 38.5 Å². The van der Waals surface area contributed by atoms with Gasteiger partial charge in [-0.25, -0.2) is 0 Å². The molecule has 0 aliphatic heterocycles.